The van der Waals surface area contributed by atoms with Gasteiger partial charge in [0.1, 0.15) is 0 Å². The van der Waals surface area contributed by atoms with Crippen molar-refractivity contribution in [2.24, 2.45) is 5.92 Å². The maximum atomic E-state index is 12.4. The third kappa shape index (κ3) is 4.94. The molecular weight excluding hydrogens is 314 g/mol. The Balaban J connectivity index is 1.50. The van der Waals surface area contributed by atoms with E-state index in [1.165, 1.54) is 12.8 Å². The molecule has 2 aromatic rings. The molecule has 5 heteroatoms. The second kappa shape index (κ2) is 8.32. The Morgan fingerprint density at radius 1 is 1.24 bits per heavy atom. The third-order valence-electron chi connectivity index (χ3n) is 4.85. The van der Waals surface area contributed by atoms with Gasteiger partial charge in [0.15, 0.2) is 0 Å². The van der Waals surface area contributed by atoms with Crippen molar-refractivity contribution in [2.75, 3.05) is 26.2 Å². The number of rotatable bonds is 6. The van der Waals surface area contributed by atoms with E-state index in [0.29, 0.717) is 12.1 Å². The van der Waals surface area contributed by atoms with Crippen LogP contribution in [0.15, 0.2) is 48.8 Å². The van der Waals surface area contributed by atoms with Crippen molar-refractivity contribution in [3.8, 4) is 5.69 Å². The van der Waals surface area contributed by atoms with Crippen LogP contribution < -0.4 is 5.32 Å². The van der Waals surface area contributed by atoms with E-state index in [2.05, 4.69) is 17.1 Å². The summed E-state index contributed by atoms with van der Waals surface area (Å²) in [5.41, 5.74) is 1.55. The first-order chi connectivity index (χ1) is 12.1. The molecule has 5 nitrogen and oxygen atoms in total. The second-order valence-electron chi connectivity index (χ2n) is 6.99. The van der Waals surface area contributed by atoms with Crippen molar-refractivity contribution >= 4 is 5.91 Å². The van der Waals surface area contributed by atoms with Gasteiger partial charge in [-0.2, -0.15) is 0 Å². The summed E-state index contributed by atoms with van der Waals surface area (Å²) in [5.74, 6) is 0.626. The van der Waals surface area contributed by atoms with E-state index in [4.69, 9.17) is 0 Å². The van der Waals surface area contributed by atoms with Crippen molar-refractivity contribution in [1.29, 1.82) is 0 Å². The molecule has 1 fully saturated rings. The van der Waals surface area contributed by atoms with Gasteiger partial charge in [-0.15, -0.1) is 0 Å². The Hall–Kier alpha value is -2.11. The number of nitrogens with zero attached hydrogens (tertiary/aromatic N) is 2. The van der Waals surface area contributed by atoms with Crippen LogP contribution >= 0.6 is 0 Å². The van der Waals surface area contributed by atoms with Gasteiger partial charge < -0.3 is 19.9 Å². The van der Waals surface area contributed by atoms with Crippen LogP contribution in [0.2, 0.25) is 0 Å². The van der Waals surface area contributed by atoms with Gasteiger partial charge in [0, 0.05) is 36.7 Å². The lowest BCUT2D eigenvalue weighted by Crippen LogP contribution is -2.43. The molecule has 134 valence electrons. The maximum absolute atomic E-state index is 12.4. The summed E-state index contributed by atoms with van der Waals surface area (Å²) in [7, 11) is 0. The number of aromatic nitrogens is 1. The fourth-order valence-electron chi connectivity index (χ4n) is 3.23. The van der Waals surface area contributed by atoms with Crippen LogP contribution in [0.3, 0.4) is 0 Å². The second-order valence-corrected chi connectivity index (χ2v) is 6.99. The zero-order valence-electron chi connectivity index (χ0n) is 14.8. The maximum Gasteiger partial charge on any atom is 0.251 e. The molecule has 0 saturated carbocycles. The highest BCUT2D eigenvalue weighted by atomic mass is 16.3. The SMILES string of the molecule is CC1CCN(CC(O)CNC(=O)c2cccc(-n3cccc3)c2)CC1. The van der Waals surface area contributed by atoms with Gasteiger partial charge in [-0.25, -0.2) is 0 Å². The van der Waals surface area contributed by atoms with Crippen LogP contribution in [0.4, 0.5) is 0 Å². The smallest absolute Gasteiger partial charge is 0.251 e. The Morgan fingerprint density at radius 2 is 1.96 bits per heavy atom. The molecule has 1 aliphatic rings. The first-order valence-electron chi connectivity index (χ1n) is 9.04. The monoisotopic (exact) mass is 341 g/mol. The molecule has 1 saturated heterocycles. The molecule has 0 bridgehead atoms. The molecule has 1 atom stereocenters. The Labute approximate surface area is 149 Å². The zero-order valence-corrected chi connectivity index (χ0v) is 14.8. The normalized spacial score (nSPS) is 17.4. The molecule has 0 aliphatic carbocycles. The van der Waals surface area contributed by atoms with Crippen molar-refractivity contribution < 1.29 is 9.90 Å². The predicted molar refractivity (Wildman–Crippen MR) is 98.9 cm³/mol. The standard InChI is InChI=1S/C20H27N3O2/c1-16-7-11-22(12-8-16)15-19(24)14-21-20(25)17-5-4-6-18(13-17)23-9-2-3-10-23/h2-6,9-10,13,16,19,24H,7-8,11-12,14-15H2,1H3,(H,21,25). The Bertz CT molecular complexity index is 676. The minimum atomic E-state index is -0.537. The summed E-state index contributed by atoms with van der Waals surface area (Å²) in [6.45, 7) is 5.24. The molecule has 1 aromatic carbocycles. The number of likely N-dealkylation sites (tertiary alicyclic amines) is 1. The topological polar surface area (TPSA) is 57.5 Å². The van der Waals surface area contributed by atoms with Crippen LogP contribution in [0, 0.1) is 5.92 Å². The molecule has 1 aliphatic heterocycles. The number of nitrogens with one attached hydrogen (secondary N) is 1. The van der Waals surface area contributed by atoms with Gasteiger partial charge in [-0.1, -0.05) is 13.0 Å². The Kier molecular flexibility index (Phi) is 5.89. The van der Waals surface area contributed by atoms with E-state index < -0.39 is 6.10 Å². The minimum absolute atomic E-state index is 0.152. The summed E-state index contributed by atoms with van der Waals surface area (Å²) in [6, 6.07) is 11.4. The van der Waals surface area contributed by atoms with E-state index in [1.807, 2.05) is 47.3 Å². The first-order valence-corrected chi connectivity index (χ1v) is 9.04. The number of piperidine rings is 1. The average molecular weight is 341 g/mol. The quantitative estimate of drug-likeness (QED) is 0.848. The number of benzene rings is 1. The zero-order chi connectivity index (χ0) is 17.6. The molecule has 1 unspecified atom stereocenters. The van der Waals surface area contributed by atoms with E-state index in [9.17, 15) is 9.90 Å². The van der Waals surface area contributed by atoms with Crippen molar-refractivity contribution in [2.45, 2.75) is 25.9 Å². The van der Waals surface area contributed by atoms with Crippen LogP contribution in [0.5, 0.6) is 0 Å². The highest BCUT2D eigenvalue weighted by Gasteiger charge is 2.18. The molecule has 1 aromatic heterocycles. The van der Waals surface area contributed by atoms with Gasteiger partial charge >= 0.3 is 0 Å². The molecule has 2 N–H and O–H groups in total. The lowest BCUT2D eigenvalue weighted by Gasteiger charge is -2.31. The van der Waals surface area contributed by atoms with Gasteiger partial charge in [0.25, 0.3) is 5.91 Å². The number of carbonyl (C=O) groups is 1. The number of hydrogen-bond donors (Lipinski definition) is 2. The molecule has 0 spiro atoms. The number of hydrogen-bond acceptors (Lipinski definition) is 3. The van der Waals surface area contributed by atoms with Crippen LogP contribution in [0.1, 0.15) is 30.1 Å². The van der Waals surface area contributed by atoms with E-state index in [0.717, 1.165) is 24.7 Å². The highest BCUT2D eigenvalue weighted by Crippen LogP contribution is 2.16. The van der Waals surface area contributed by atoms with E-state index in [1.54, 1.807) is 6.07 Å². The number of aliphatic hydroxyl groups is 1. The summed E-state index contributed by atoms with van der Waals surface area (Å²) in [5, 5.41) is 13.1. The van der Waals surface area contributed by atoms with E-state index in [-0.39, 0.29) is 12.5 Å². The first kappa shape index (κ1) is 17.7. The Morgan fingerprint density at radius 3 is 2.68 bits per heavy atom. The number of carbonyl (C=O) groups excluding carboxylic acids is 1. The highest BCUT2D eigenvalue weighted by molar-refractivity contribution is 5.94. The predicted octanol–water partition coefficient (Wildman–Crippen LogP) is 2.30. The fraction of sp³-hybridized carbons (Fsp3) is 0.450. The molecular formula is C20H27N3O2. The van der Waals surface area contributed by atoms with Crippen LogP contribution in [0.25, 0.3) is 5.69 Å². The molecule has 0 radical (unpaired) electrons. The lowest BCUT2D eigenvalue weighted by molar-refractivity contribution is 0.0795. The van der Waals surface area contributed by atoms with Crippen LogP contribution in [-0.4, -0.2) is 52.8 Å². The summed E-state index contributed by atoms with van der Waals surface area (Å²) in [6.07, 6.45) is 5.72. The fourth-order valence-corrected chi connectivity index (χ4v) is 3.23. The van der Waals surface area contributed by atoms with Crippen LogP contribution in [-0.2, 0) is 0 Å². The lowest BCUT2D eigenvalue weighted by atomic mass is 9.99. The third-order valence-corrected chi connectivity index (χ3v) is 4.85. The minimum Gasteiger partial charge on any atom is -0.390 e. The van der Waals surface area contributed by atoms with Gasteiger partial charge in [0.2, 0.25) is 0 Å². The largest absolute Gasteiger partial charge is 0.390 e. The van der Waals surface area contributed by atoms with Crippen molar-refractivity contribution in [3.05, 3.63) is 54.4 Å². The average Bonchev–Trinajstić information content (AvgIpc) is 3.16. The summed E-state index contributed by atoms with van der Waals surface area (Å²) < 4.78 is 1.96. The molecule has 25 heavy (non-hydrogen) atoms. The van der Waals surface area contributed by atoms with Crippen molar-refractivity contribution in [3.63, 3.8) is 0 Å². The number of amides is 1. The summed E-state index contributed by atoms with van der Waals surface area (Å²) >= 11 is 0. The summed E-state index contributed by atoms with van der Waals surface area (Å²) in [4.78, 5) is 14.6. The molecule has 3 rings (SSSR count). The molecule has 1 amide bonds. The van der Waals surface area contributed by atoms with Gasteiger partial charge in [-0.3, -0.25) is 4.79 Å². The van der Waals surface area contributed by atoms with Crippen molar-refractivity contribution in [1.82, 2.24) is 14.8 Å². The van der Waals surface area contributed by atoms with Gasteiger partial charge in [-0.05, 0) is 62.2 Å². The number of aliphatic hydroxyl groups excluding tert-OH is 1. The number of β-amino-alcohol motifs (C(OH)–C–C–N with tert-alkyl or cyclic N) is 1. The van der Waals surface area contributed by atoms with E-state index >= 15 is 0 Å². The van der Waals surface area contributed by atoms with Gasteiger partial charge in [0.05, 0.1) is 6.10 Å². The molecule has 2 heterocycles.